The number of hydrogen-bond donors (Lipinski definition) is 5. The average Bonchev–Trinajstić information content (AvgIpc) is 3.26. The van der Waals surface area contributed by atoms with Gasteiger partial charge in [-0.3, -0.25) is 9.59 Å². The normalized spacial score (nSPS) is 13.0. The predicted molar refractivity (Wildman–Crippen MR) is 157 cm³/mol. The van der Waals surface area contributed by atoms with Gasteiger partial charge in [0.05, 0.1) is 5.56 Å². The van der Waals surface area contributed by atoms with Crippen LogP contribution in [0.4, 0.5) is 5.69 Å². The highest BCUT2D eigenvalue weighted by Crippen LogP contribution is 2.27. The lowest BCUT2D eigenvalue weighted by Gasteiger charge is -2.25. The molecule has 3 rings (SSSR count). The highest BCUT2D eigenvalue weighted by atomic mass is 35.5. The van der Waals surface area contributed by atoms with Crippen LogP contribution in [-0.2, 0) is 9.59 Å². The van der Waals surface area contributed by atoms with Crippen LogP contribution in [0.3, 0.4) is 0 Å². The summed E-state index contributed by atoms with van der Waals surface area (Å²) in [5.74, 6) is -0.374. The minimum Gasteiger partial charge on any atom is -0.461 e. The van der Waals surface area contributed by atoms with E-state index in [1.54, 1.807) is 26.1 Å². The smallest absolute Gasteiger partial charge is 0.365 e. The molecule has 3 amide bonds. The third kappa shape index (κ3) is 8.17. The van der Waals surface area contributed by atoms with Crippen molar-refractivity contribution in [2.24, 2.45) is 11.3 Å². The van der Waals surface area contributed by atoms with Gasteiger partial charge >= 0.3 is 5.91 Å². The zero-order chi connectivity index (χ0) is 29.4. The Labute approximate surface area is 240 Å². The van der Waals surface area contributed by atoms with Gasteiger partial charge in [0.25, 0.3) is 5.91 Å². The minimum absolute atomic E-state index is 0.0644. The number of benzene rings is 2. The fraction of sp³-hybridized carbons (Fsp3) is 0.367. The minimum atomic E-state index is -0.621. The van der Waals surface area contributed by atoms with E-state index in [0.29, 0.717) is 34.2 Å². The summed E-state index contributed by atoms with van der Waals surface area (Å²) in [5.41, 5.74) is 1.75. The van der Waals surface area contributed by atoms with Gasteiger partial charge in [-0.2, -0.15) is 0 Å². The molecule has 6 N–H and O–H groups in total. The van der Waals surface area contributed by atoms with Gasteiger partial charge in [-0.25, -0.2) is 10.1 Å². The van der Waals surface area contributed by atoms with Gasteiger partial charge in [0.2, 0.25) is 5.91 Å². The topological polar surface area (TPSA) is 129 Å². The van der Waals surface area contributed by atoms with E-state index in [1.165, 1.54) is 5.32 Å². The van der Waals surface area contributed by atoms with Crippen LogP contribution in [0.15, 0.2) is 64.3 Å². The molecule has 0 spiro atoms. The van der Waals surface area contributed by atoms with Crippen molar-refractivity contribution < 1.29 is 24.1 Å². The number of quaternary nitrogens is 1. The monoisotopic (exact) mass is 568 g/mol. The van der Waals surface area contributed by atoms with Crippen LogP contribution in [0, 0.1) is 18.3 Å². The number of nitrogens with two attached hydrogens (primary N) is 1. The van der Waals surface area contributed by atoms with Crippen LogP contribution >= 0.6 is 11.6 Å². The zero-order valence-corrected chi connectivity index (χ0v) is 24.7. The number of fused-ring (bicyclic) bond motifs is 1. The van der Waals surface area contributed by atoms with Crippen molar-refractivity contribution in [3.8, 4) is 0 Å². The van der Waals surface area contributed by atoms with Crippen molar-refractivity contribution in [1.82, 2.24) is 21.3 Å². The first kappa shape index (κ1) is 30.9. The fourth-order valence-corrected chi connectivity index (χ4v) is 4.80. The van der Waals surface area contributed by atoms with Crippen molar-refractivity contribution in [3.63, 3.8) is 0 Å². The van der Waals surface area contributed by atoms with Crippen molar-refractivity contribution in [2.45, 2.75) is 34.1 Å². The Kier molecular flexibility index (Phi) is 10.5. The predicted octanol–water partition coefficient (Wildman–Crippen LogP) is 3.37. The first-order valence-electron chi connectivity index (χ1n) is 13.2. The van der Waals surface area contributed by atoms with Crippen LogP contribution in [0.25, 0.3) is 11.0 Å². The van der Waals surface area contributed by atoms with Crippen LogP contribution in [0.2, 0.25) is 5.02 Å². The van der Waals surface area contributed by atoms with Gasteiger partial charge in [-0.05, 0) is 49.7 Å². The number of carbonyl (C=O) groups excluding carboxylic acids is 3. The maximum atomic E-state index is 13.4. The Morgan fingerprint density at radius 3 is 2.42 bits per heavy atom. The number of carbonyl (C=O) groups is 3. The van der Waals surface area contributed by atoms with Gasteiger partial charge in [0, 0.05) is 48.6 Å². The molecular formula is C30H39ClN5O4+. The van der Waals surface area contributed by atoms with Crippen molar-refractivity contribution in [3.05, 3.63) is 76.3 Å². The molecule has 9 nitrogen and oxygen atoms in total. The SMILES string of the molecule is CNCC(C)/C(NC)=C(\NC(=O)CC(C)(C)CNC(=O)c1cc(Cl)cc2cc(C)oc12)C(=O)[NH2+]c1ccccc1. The molecule has 10 heteroatoms. The third-order valence-electron chi connectivity index (χ3n) is 6.47. The molecule has 0 bridgehead atoms. The van der Waals surface area contributed by atoms with E-state index in [2.05, 4.69) is 21.3 Å². The molecular weight excluding hydrogens is 530 g/mol. The molecule has 214 valence electrons. The van der Waals surface area contributed by atoms with Crippen molar-refractivity contribution in [2.75, 3.05) is 27.2 Å². The number of amides is 3. The van der Waals surface area contributed by atoms with Gasteiger partial charge < -0.3 is 25.7 Å². The summed E-state index contributed by atoms with van der Waals surface area (Å²) in [7, 11) is 3.56. The number of hydrogen-bond acceptors (Lipinski definition) is 6. The molecule has 0 fully saturated rings. The van der Waals surface area contributed by atoms with E-state index in [4.69, 9.17) is 16.0 Å². The molecule has 1 atom stereocenters. The van der Waals surface area contributed by atoms with Gasteiger partial charge in [0.15, 0.2) is 5.70 Å². The lowest BCUT2D eigenvalue weighted by atomic mass is 9.88. The summed E-state index contributed by atoms with van der Waals surface area (Å²) >= 11 is 6.22. The van der Waals surface area contributed by atoms with E-state index in [9.17, 15) is 14.4 Å². The van der Waals surface area contributed by atoms with E-state index in [0.717, 1.165) is 11.1 Å². The van der Waals surface area contributed by atoms with Crippen LogP contribution in [0.5, 0.6) is 0 Å². The second-order valence-corrected chi connectivity index (χ2v) is 11.2. The number of furan rings is 1. The maximum Gasteiger partial charge on any atom is 0.365 e. The molecule has 1 heterocycles. The summed E-state index contributed by atoms with van der Waals surface area (Å²) in [5, 5.41) is 14.7. The van der Waals surface area contributed by atoms with E-state index in [-0.39, 0.29) is 42.3 Å². The Morgan fingerprint density at radius 1 is 1.07 bits per heavy atom. The molecule has 2 aromatic carbocycles. The van der Waals surface area contributed by atoms with Gasteiger partial charge in [0.1, 0.15) is 17.0 Å². The second kappa shape index (κ2) is 13.6. The first-order chi connectivity index (χ1) is 18.9. The van der Waals surface area contributed by atoms with E-state index in [1.807, 2.05) is 64.2 Å². The highest BCUT2D eigenvalue weighted by molar-refractivity contribution is 6.32. The summed E-state index contributed by atoms with van der Waals surface area (Å²) in [4.78, 5) is 39.7. The average molecular weight is 569 g/mol. The van der Waals surface area contributed by atoms with Crippen LogP contribution in [0.1, 0.15) is 43.3 Å². The van der Waals surface area contributed by atoms with Crippen LogP contribution < -0.4 is 26.6 Å². The Balaban J connectivity index is 1.74. The van der Waals surface area contributed by atoms with Gasteiger partial charge in [-0.15, -0.1) is 0 Å². The Bertz CT molecular complexity index is 1400. The zero-order valence-electron chi connectivity index (χ0n) is 23.9. The highest BCUT2D eigenvalue weighted by Gasteiger charge is 2.29. The Hall–Kier alpha value is -3.66. The van der Waals surface area contributed by atoms with E-state index >= 15 is 0 Å². The summed E-state index contributed by atoms with van der Waals surface area (Å²) in [6.45, 7) is 8.35. The standard InChI is InChI=1S/C30H38ClN5O4/c1-18(16-32-5)25(33-6)26(29(39)35-22-10-8-7-9-11-22)36-24(37)15-30(3,4)17-34-28(38)23-14-21(31)13-20-12-19(2)40-27(20)23/h7-14,18,32-33H,15-17H2,1-6H3,(H,34,38)(H,35,39)(H,36,37)/p+1/b26-25+. The third-order valence-corrected chi connectivity index (χ3v) is 6.68. The molecule has 0 saturated carbocycles. The first-order valence-corrected chi connectivity index (χ1v) is 13.6. The van der Waals surface area contributed by atoms with E-state index < -0.39 is 5.41 Å². The molecule has 0 aliphatic rings. The largest absolute Gasteiger partial charge is 0.461 e. The molecule has 0 aliphatic heterocycles. The van der Waals surface area contributed by atoms with Crippen molar-refractivity contribution >= 4 is 46.0 Å². The maximum absolute atomic E-state index is 13.4. The molecule has 40 heavy (non-hydrogen) atoms. The van der Waals surface area contributed by atoms with Crippen LogP contribution in [-0.4, -0.2) is 44.9 Å². The molecule has 1 aromatic heterocycles. The number of aryl methyl sites for hydroxylation is 1. The number of halogens is 1. The molecule has 0 aliphatic carbocycles. The fourth-order valence-electron chi connectivity index (χ4n) is 4.57. The summed E-state index contributed by atoms with van der Waals surface area (Å²) in [6.07, 6.45) is 0.0671. The molecule has 1 unspecified atom stereocenters. The lowest BCUT2D eigenvalue weighted by Crippen LogP contribution is -2.83. The molecule has 3 aromatic rings. The van der Waals surface area contributed by atoms with Crippen molar-refractivity contribution in [1.29, 1.82) is 0 Å². The summed E-state index contributed by atoms with van der Waals surface area (Å²) in [6, 6.07) is 14.4. The summed E-state index contributed by atoms with van der Waals surface area (Å²) < 4.78 is 5.72. The number of rotatable bonds is 12. The lowest BCUT2D eigenvalue weighted by molar-refractivity contribution is -0.479. The number of nitrogens with one attached hydrogen (secondary N) is 4. The second-order valence-electron chi connectivity index (χ2n) is 10.7. The quantitative estimate of drug-likeness (QED) is 0.168. The molecule has 0 radical (unpaired) electrons. The number of primary amides is 1. The Morgan fingerprint density at radius 2 is 1.77 bits per heavy atom. The number of para-hydroxylation sites is 1. The molecule has 0 saturated heterocycles. The van der Waals surface area contributed by atoms with Gasteiger partial charge in [-0.1, -0.05) is 50.6 Å².